The van der Waals surface area contributed by atoms with E-state index < -0.39 is 0 Å². The Balaban J connectivity index is 1.34. The van der Waals surface area contributed by atoms with Crippen molar-refractivity contribution in [3.63, 3.8) is 0 Å². The number of piperidine rings is 1. The maximum Gasteiger partial charge on any atom is 0.102 e. The number of allylic oxidation sites excluding steroid dienone is 1. The van der Waals surface area contributed by atoms with E-state index in [1.54, 1.807) is 0 Å². The molecule has 0 radical (unpaired) electrons. The van der Waals surface area contributed by atoms with E-state index in [1.165, 1.54) is 43.2 Å². The van der Waals surface area contributed by atoms with E-state index in [1.807, 2.05) is 0 Å². The van der Waals surface area contributed by atoms with Gasteiger partial charge in [0.15, 0.2) is 0 Å². The quantitative estimate of drug-likeness (QED) is 0.546. The Morgan fingerprint density at radius 3 is 2.25 bits per heavy atom. The molecule has 28 heavy (non-hydrogen) atoms. The van der Waals surface area contributed by atoms with Gasteiger partial charge in [-0.05, 0) is 83.8 Å². The molecule has 1 aromatic rings. The van der Waals surface area contributed by atoms with Gasteiger partial charge in [-0.25, -0.2) is 0 Å². The summed E-state index contributed by atoms with van der Waals surface area (Å²) in [7, 11) is 0. The Morgan fingerprint density at radius 2 is 1.68 bits per heavy atom. The predicted molar refractivity (Wildman–Crippen MR) is 114 cm³/mol. The minimum atomic E-state index is 0.0438. The van der Waals surface area contributed by atoms with E-state index >= 15 is 0 Å². The van der Waals surface area contributed by atoms with Crippen molar-refractivity contribution in [1.29, 1.82) is 0 Å². The molecule has 2 bridgehead atoms. The average Bonchev–Trinajstić information content (AvgIpc) is 3.26. The molecule has 2 aliphatic carbocycles. The van der Waals surface area contributed by atoms with Crippen molar-refractivity contribution in [2.45, 2.75) is 96.6 Å². The van der Waals surface area contributed by atoms with E-state index in [0.29, 0.717) is 18.6 Å². The first-order chi connectivity index (χ1) is 13.2. The molecule has 2 fully saturated rings. The van der Waals surface area contributed by atoms with Crippen LogP contribution in [0.5, 0.6) is 0 Å². The Labute approximate surface area is 171 Å². The third kappa shape index (κ3) is 4.08. The lowest BCUT2D eigenvalue weighted by molar-refractivity contribution is -0.304. The highest BCUT2D eigenvalue weighted by atomic mass is 16.7. The lowest BCUT2D eigenvalue weighted by Crippen LogP contribution is -2.58. The van der Waals surface area contributed by atoms with E-state index in [0.717, 1.165) is 5.92 Å². The highest BCUT2D eigenvalue weighted by Crippen LogP contribution is 2.42. The van der Waals surface area contributed by atoms with Crippen molar-refractivity contribution in [2.75, 3.05) is 0 Å². The van der Waals surface area contributed by atoms with Gasteiger partial charge in [0.2, 0.25) is 0 Å². The van der Waals surface area contributed by atoms with Gasteiger partial charge >= 0.3 is 0 Å². The molecule has 4 rings (SSSR count). The van der Waals surface area contributed by atoms with Crippen LogP contribution in [0.25, 0.3) is 0 Å². The zero-order valence-corrected chi connectivity index (χ0v) is 18.3. The molecular formula is C25H37NO2. The number of benzene rings is 1. The molecule has 4 atom stereocenters. The first-order valence-electron chi connectivity index (χ1n) is 11.1. The van der Waals surface area contributed by atoms with Gasteiger partial charge < -0.3 is 4.74 Å². The summed E-state index contributed by atoms with van der Waals surface area (Å²) in [4.78, 5) is 6.52. The number of hydrogen-bond acceptors (Lipinski definition) is 3. The molecule has 0 amide bonds. The summed E-state index contributed by atoms with van der Waals surface area (Å²) in [5.41, 5.74) is 2.61. The minimum Gasteiger partial charge on any atom is -0.373 e. The Morgan fingerprint density at radius 1 is 1.00 bits per heavy atom. The number of hydroxylamine groups is 2. The van der Waals surface area contributed by atoms with Gasteiger partial charge in [-0.15, -0.1) is 0 Å². The lowest BCUT2D eigenvalue weighted by atomic mass is 9.82. The third-order valence-electron chi connectivity index (χ3n) is 7.07. The largest absolute Gasteiger partial charge is 0.373 e. The SMILES string of the molecule is CC(ON1C(C)(C)CCCC1(C)C)c1ccc(COC2CC3C=CC2C3)cc1. The summed E-state index contributed by atoms with van der Waals surface area (Å²) in [6.45, 7) is 12.1. The fourth-order valence-electron chi connectivity index (χ4n) is 5.49. The van der Waals surface area contributed by atoms with E-state index in [-0.39, 0.29) is 17.2 Å². The molecule has 1 aromatic carbocycles. The molecule has 0 aromatic heterocycles. The van der Waals surface area contributed by atoms with Gasteiger partial charge in [0, 0.05) is 17.0 Å². The topological polar surface area (TPSA) is 21.7 Å². The highest BCUT2D eigenvalue weighted by molar-refractivity contribution is 5.24. The molecule has 3 heteroatoms. The number of nitrogens with zero attached hydrogens (tertiary/aromatic N) is 1. The second-order valence-electron chi connectivity index (χ2n) is 10.4. The summed E-state index contributed by atoms with van der Waals surface area (Å²) in [5.74, 6) is 1.41. The molecule has 1 saturated heterocycles. The summed E-state index contributed by atoms with van der Waals surface area (Å²) >= 11 is 0. The molecular weight excluding hydrogens is 346 g/mol. The molecule has 1 heterocycles. The number of fused-ring (bicyclic) bond motifs is 2. The zero-order chi connectivity index (χ0) is 19.9. The van der Waals surface area contributed by atoms with Gasteiger partial charge in [-0.2, -0.15) is 5.06 Å². The molecule has 1 aliphatic heterocycles. The lowest BCUT2D eigenvalue weighted by Gasteiger charge is -2.52. The fraction of sp³-hybridized carbons (Fsp3) is 0.680. The number of rotatable bonds is 6. The van der Waals surface area contributed by atoms with Crippen LogP contribution in [-0.2, 0) is 16.2 Å². The van der Waals surface area contributed by atoms with Crippen LogP contribution in [0.2, 0.25) is 0 Å². The average molecular weight is 384 g/mol. The van der Waals surface area contributed by atoms with Crippen molar-refractivity contribution in [1.82, 2.24) is 5.06 Å². The van der Waals surface area contributed by atoms with E-state index in [2.05, 4.69) is 76.1 Å². The smallest absolute Gasteiger partial charge is 0.102 e. The predicted octanol–water partition coefficient (Wildman–Crippen LogP) is 6.20. The van der Waals surface area contributed by atoms with Gasteiger partial charge in [0.1, 0.15) is 6.10 Å². The van der Waals surface area contributed by atoms with Crippen molar-refractivity contribution >= 4 is 0 Å². The minimum absolute atomic E-state index is 0.0438. The Bertz CT molecular complexity index is 690. The summed E-state index contributed by atoms with van der Waals surface area (Å²) in [5, 5.41) is 2.26. The van der Waals surface area contributed by atoms with Crippen LogP contribution in [0.4, 0.5) is 0 Å². The van der Waals surface area contributed by atoms with Gasteiger partial charge in [0.25, 0.3) is 0 Å². The van der Waals surface area contributed by atoms with Crippen LogP contribution in [0.3, 0.4) is 0 Å². The second kappa shape index (κ2) is 7.59. The van der Waals surface area contributed by atoms with Crippen LogP contribution < -0.4 is 0 Å². The monoisotopic (exact) mass is 383 g/mol. The third-order valence-corrected chi connectivity index (χ3v) is 7.07. The van der Waals surface area contributed by atoms with Crippen LogP contribution in [0.1, 0.15) is 84.0 Å². The van der Waals surface area contributed by atoms with Gasteiger partial charge in [-0.1, -0.05) is 36.4 Å². The first-order valence-corrected chi connectivity index (χ1v) is 11.1. The highest BCUT2D eigenvalue weighted by Gasteiger charge is 2.43. The molecule has 4 unspecified atom stereocenters. The van der Waals surface area contributed by atoms with Crippen LogP contribution in [0.15, 0.2) is 36.4 Å². The van der Waals surface area contributed by atoms with Crippen molar-refractivity contribution in [3.05, 3.63) is 47.5 Å². The van der Waals surface area contributed by atoms with Gasteiger partial charge in [0.05, 0.1) is 12.7 Å². The van der Waals surface area contributed by atoms with Crippen molar-refractivity contribution in [2.24, 2.45) is 11.8 Å². The fourth-order valence-corrected chi connectivity index (χ4v) is 5.49. The maximum absolute atomic E-state index is 6.52. The molecule has 3 aliphatic rings. The van der Waals surface area contributed by atoms with E-state index in [9.17, 15) is 0 Å². The summed E-state index contributed by atoms with van der Waals surface area (Å²) < 4.78 is 6.21. The molecule has 154 valence electrons. The van der Waals surface area contributed by atoms with Crippen LogP contribution in [0, 0.1) is 11.8 Å². The molecule has 0 spiro atoms. The summed E-state index contributed by atoms with van der Waals surface area (Å²) in [6, 6.07) is 8.80. The van der Waals surface area contributed by atoms with Crippen molar-refractivity contribution in [3.8, 4) is 0 Å². The first kappa shape index (κ1) is 20.1. The molecule has 0 N–H and O–H groups in total. The van der Waals surface area contributed by atoms with Gasteiger partial charge in [-0.3, -0.25) is 4.84 Å². The Kier molecular flexibility index (Phi) is 5.45. The summed E-state index contributed by atoms with van der Waals surface area (Å²) in [6.07, 6.45) is 11.3. The zero-order valence-electron chi connectivity index (χ0n) is 18.3. The maximum atomic E-state index is 6.52. The Hall–Kier alpha value is -1.16. The molecule has 3 nitrogen and oxygen atoms in total. The standard InChI is InChI=1S/C25H37NO2/c1-18(28-26-24(2,3)13-6-14-25(26,4)5)21-10-7-19(8-11-21)17-27-23-16-20-9-12-22(23)15-20/h7-12,18,20,22-23H,6,13-17H2,1-5H3. The normalized spacial score (nSPS) is 32.0. The number of hydrogen-bond donors (Lipinski definition) is 0. The van der Waals surface area contributed by atoms with Crippen LogP contribution >= 0.6 is 0 Å². The van der Waals surface area contributed by atoms with E-state index in [4.69, 9.17) is 9.57 Å². The van der Waals surface area contributed by atoms with Crippen LogP contribution in [-0.4, -0.2) is 22.2 Å². The number of ether oxygens (including phenoxy) is 1. The van der Waals surface area contributed by atoms with Crippen molar-refractivity contribution < 1.29 is 9.57 Å². The second-order valence-corrected chi connectivity index (χ2v) is 10.4. The molecule has 1 saturated carbocycles.